The topological polar surface area (TPSA) is 292 Å². The van der Waals surface area contributed by atoms with Crippen LogP contribution in [-0.4, -0.2) is 167 Å². The standard InChI is InChI=1S/C46H89N13O9/c1-41(2,32-66-35-44(7,8)29-53-56-47)26-50-25-38(60)13-19-63-22-16-59(17-23-64-20-14-39(61)51-27-42(3,4)33-67-36-45(9,10)30-54-57-48)18-24-65-21-15-40(62)52-28-43(5,6)34-68-37-46(11,12)31-55-58-49/h50H,13-37H2,1-12H3,(H,51,61)(H,52,62). The number of rotatable bonds is 44. The summed E-state index contributed by atoms with van der Waals surface area (Å²) in [6.07, 6.45) is 0.688. The molecule has 392 valence electrons. The van der Waals surface area contributed by atoms with Gasteiger partial charge < -0.3 is 44.4 Å². The molecule has 0 aromatic heterocycles. The van der Waals surface area contributed by atoms with Gasteiger partial charge in [0.05, 0.1) is 85.8 Å². The van der Waals surface area contributed by atoms with Crippen LogP contribution in [0.2, 0.25) is 0 Å². The number of azide groups is 3. The van der Waals surface area contributed by atoms with E-state index in [0.29, 0.717) is 118 Å². The molecule has 0 aromatic carbocycles. The maximum absolute atomic E-state index is 12.6. The Labute approximate surface area is 406 Å². The third kappa shape index (κ3) is 38.1. The summed E-state index contributed by atoms with van der Waals surface area (Å²) in [6.45, 7) is 33.0. The van der Waals surface area contributed by atoms with E-state index in [1.165, 1.54) is 0 Å². The molecule has 0 rings (SSSR count). The van der Waals surface area contributed by atoms with Crippen LogP contribution in [0.4, 0.5) is 0 Å². The lowest BCUT2D eigenvalue weighted by atomic mass is 9.93. The molecular weight excluding hydrogens is 879 g/mol. The maximum atomic E-state index is 12.6. The monoisotopic (exact) mass is 968 g/mol. The summed E-state index contributed by atoms with van der Waals surface area (Å²) in [5, 5.41) is 20.1. The Bertz CT molecular complexity index is 1520. The lowest BCUT2D eigenvalue weighted by molar-refractivity contribution is -0.123. The molecule has 0 aliphatic heterocycles. The predicted octanol–water partition coefficient (Wildman–Crippen LogP) is 7.04. The molecule has 0 aliphatic carbocycles. The van der Waals surface area contributed by atoms with E-state index in [-0.39, 0.29) is 95.7 Å². The first-order valence-corrected chi connectivity index (χ1v) is 23.7. The van der Waals surface area contributed by atoms with E-state index in [9.17, 15) is 14.4 Å². The van der Waals surface area contributed by atoms with Gasteiger partial charge in [-0.25, -0.2) is 0 Å². The molecule has 0 fully saturated rings. The van der Waals surface area contributed by atoms with Crippen LogP contribution in [0.5, 0.6) is 0 Å². The second-order valence-corrected chi connectivity index (χ2v) is 22.3. The van der Waals surface area contributed by atoms with E-state index in [4.69, 9.17) is 45.0 Å². The number of ketones is 1. The Morgan fingerprint density at radius 1 is 0.441 bits per heavy atom. The smallest absolute Gasteiger partial charge is 0.222 e. The van der Waals surface area contributed by atoms with Gasteiger partial charge in [-0.1, -0.05) is 98.4 Å². The Morgan fingerprint density at radius 3 is 1.09 bits per heavy atom. The lowest BCUT2D eigenvalue weighted by Crippen LogP contribution is -2.38. The first kappa shape index (κ1) is 64.2. The van der Waals surface area contributed by atoms with Crippen LogP contribution < -0.4 is 16.0 Å². The average Bonchev–Trinajstić information content (AvgIpc) is 3.24. The zero-order chi connectivity index (χ0) is 51.6. The molecule has 0 aromatic rings. The van der Waals surface area contributed by atoms with Crippen molar-refractivity contribution in [2.24, 2.45) is 47.8 Å². The molecule has 3 N–H and O–H groups in total. The van der Waals surface area contributed by atoms with Crippen molar-refractivity contribution in [2.75, 3.05) is 145 Å². The van der Waals surface area contributed by atoms with E-state index in [2.05, 4.69) is 64.8 Å². The molecule has 0 bridgehead atoms. The number of amides is 2. The maximum Gasteiger partial charge on any atom is 0.222 e. The van der Waals surface area contributed by atoms with Crippen molar-refractivity contribution in [3.63, 3.8) is 0 Å². The number of nitrogens with zero attached hydrogens (tertiary/aromatic N) is 10. The van der Waals surface area contributed by atoms with Gasteiger partial charge in [-0.2, -0.15) is 0 Å². The molecule has 0 saturated carbocycles. The van der Waals surface area contributed by atoms with Crippen molar-refractivity contribution in [3.05, 3.63) is 31.3 Å². The highest BCUT2D eigenvalue weighted by Crippen LogP contribution is 2.22. The van der Waals surface area contributed by atoms with Gasteiger partial charge in [0.15, 0.2) is 0 Å². The van der Waals surface area contributed by atoms with Crippen molar-refractivity contribution in [1.82, 2.24) is 20.9 Å². The molecule has 0 radical (unpaired) electrons. The number of hydrogen-bond acceptors (Lipinski definition) is 14. The summed E-state index contributed by atoms with van der Waals surface area (Å²) in [5.74, 6) is -0.193. The summed E-state index contributed by atoms with van der Waals surface area (Å²) >= 11 is 0. The van der Waals surface area contributed by atoms with Gasteiger partial charge >= 0.3 is 0 Å². The van der Waals surface area contributed by atoms with Crippen molar-refractivity contribution in [1.29, 1.82) is 0 Å². The highest BCUT2D eigenvalue weighted by atomic mass is 16.5. The fourth-order valence-corrected chi connectivity index (χ4v) is 5.99. The van der Waals surface area contributed by atoms with Gasteiger partial charge in [-0.05, 0) is 32.8 Å². The number of Topliss-reactive ketones (excluding diaryl/α,β-unsaturated/α-hetero) is 1. The van der Waals surface area contributed by atoms with Gasteiger partial charge in [0.25, 0.3) is 0 Å². The number of hydrogen-bond donors (Lipinski definition) is 3. The van der Waals surface area contributed by atoms with Crippen LogP contribution >= 0.6 is 0 Å². The molecule has 0 atom stereocenters. The minimum Gasteiger partial charge on any atom is -0.380 e. The summed E-state index contributed by atoms with van der Waals surface area (Å²) in [6, 6.07) is 0. The second-order valence-electron chi connectivity index (χ2n) is 22.3. The Balaban J connectivity index is 4.87. The van der Waals surface area contributed by atoms with Gasteiger partial charge in [0.2, 0.25) is 11.8 Å². The highest BCUT2D eigenvalue weighted by molar-refractivity contribution is 5.80. The quantitative estimate of drug-likeness (QED) is 0.0241. The SMILES string of the molecule is CC(C)(CN=[N+]=[N-])COCC(C)(C)CNCC(=O)CCOCCN(CCOCCC(=O)NCC(C)(C)COCC(C)(C)CN=[N+]=[N-])CCOCCC(=O)NCC(C)(C)COCC(C)(C)CN=[N+]=[N-]. The molecule has 0 aliphatic rings. The third-order valence-electron chi connectivity index (χ3n) is 10.2. The summed E-state index contributed by atoms with van der Waals surface area (Å²) in [7, 11) is 0. The van der Waals surface area contributed by atoms with Crippen LogP contribution in [0.25, 0.3) is 31.3 Å². The van der Waals surface area contributed by atoms with Gasteiger partial charge in [-0.15, -0.1) is 0 Å². The molecule has 0 spiro atoms. The first-order chi connectivity index (χ1) is 31.8. The molecule has 0 heterocycles. The van der Waals surface area contributed by atoms with Crippen LogP contribution in [0, 0.1) is 32.5 Å². The summed E-state index contributed by atoms with van der Waals surface area (Å²) in [4.78, 5) is 48.5. The van der Waals surface area contributed by atoms with Gasteiger partial charge in [0, 0.05) is 109 Å². The molecule has 0 saturated heterocycles. The van der Waals surface area contributed by atoms with Crippen LogP contribution in [0.15, 0.2) is 15.3 Å². The Hall–Kier alpha value is -3.78. The fourth-order valence-electron chi connectivity index (χ4n) is 5.99. The van der Waals surface area contributed by atoms with Crippen molar-refractivity contribution < 1.29 is 42.8 Å². The molecule has 0 unspecified atom stereocenters. The highest BCUT2D eigenvalue weighted by Gasteiger charge is 2.25. The zero-order valence-corrected chi connectivity index (χ0v) is 43.8. The Morgan fingerprint density at radius 2 is 0.750 bits per heavy atom. The van der Waals surface area contributed by atoms with E-state index in [0.717, 1.165) is 0 Å². The molecule has 68 heavy (non-hydrogen) atoms. The molecule has 22 heteroatoms. The van der Waals surface area contributed by atoms with E-state index >= 15 is 0 Å². The lowest BCUT2D eigenvalue weighted by Gasteiger charge is -2.28. The second kappa shape index (κ2) is 34.5. The molecule has 22 nitrogen and oxygen atoms in total. The van der Waals surface area contributed by atoms with Crippen LogP contribution in [0.3, 0.4) is 0 Å². The van der Waals surface area contributed by atoms with Gasteiger partial charge in [0.1, 0.15) is 5.78 Å². The summed E-state index contributed by atoms with van der Waals surface area (Å²) < 4.78 is 35.2. The number of carbonyl (C=O) groups excluding carboxylic acids is 3. The minimum absolute atomic E-state index is 0.0450. The van der Waals surface area contributed by atoms with Gasteiger partial charge in [-0.3, -0.25) is 19.3 Å². The van der Waals surface area contributed by atoms with Crippen molar-refractivity contribution in [3.8, 4) is 0 Å². The number of nitrogens with one attached hydrogen (secondary N) is 3. The first-order valence-electron chi connectivity index (χ1n) is 23.7. The minimum atomic E-state index is -0.299. The van der Waals surface area contributed by atoms with Crippen LogP contribution in [-0.2, 0) is 42.8 Å². The average molecular weight is 968 g/mol. The third-order valence-corrected chi connectivity index (χ3v) is 10.2. The Kier molecular flexibility index (Phi) is 32.6. The predicted molar refractivity (Wildman–Crippen MR) is 264 cm³/mol. The number of carbonyl (C=O) groups is 3. The normalized spacial score (nSPS) is 12.5. The van der Waals surface area contributed by atoms with Crippen LogP contribution in [0.1, 0.15) is 102 Å². The molecule has 2 amide bonds. The van der Waals surface area contributed by atoms with E-state index in [1.54, 1.807) is 0 Å². The number of ether oxygens (including phenoxy) is 6. The van der Waals surface area contributed by atoms with E-state index in [1.807, 2.05) is 69.2 Å². The fraction of sp³-hybridized carbons (Fsp3) is 0.935. The van der Waals surface area contributed by atoms with E-state index < -0.39 is 0 Å². The van der Waals surface area contributed by atoms with Crippen molar-refractivity contribution >= 4 is 17.6 Å². The summed E-state index contributed by atoms with van der Waals surface area (Å²) in [5.41, 5.74) is 24.2. The molecular formula is C46H89N13O9. The van der Waals surface area contributed by atoms with Crippen molar-refractivity contribution in [2.45, 2.75) is 102 Å². The largest absolute Gasteiger partial charge is 0.380 e. The zero-order valence-electron chi connectivity index (χ0n) is 43.8.